The molecule has 4 nitrogen and oxygen atoms in total. The zero-order valence-corrected chi connectivity index (χ0v) is 11.9. The summed E-state index contributed by atoms with van der Waals surface area (Å²) in [7, 11) is 6.17. The fourth-order valence-corrected chi connectivity index (χ4v) is 2.64. The molecule has 0 amide bonds. The summed E-state index contributed by atoms with van der Waals surface area (Å²) in [5.41, 5.74) is 6.03. The average Bonchev–Trinajstić information content (AvgIpc) is 2.35. The number of hydrogen-bond donors (Lipinski definition) is 1. The van der Waals surface area contributed by atoms with Gasteiger partial charge in [-0.15, -0.1) is 0 Å². The molecule has 17 heavy (non-hydrogen) atoms. The molecule has 0 spiro atoms. The molecular weight excluding hydrogens is 214 g/mol. The number of methoxy groups -OCH3 is 1. The highest BCUT2D eigenvalue weighted by atomic mass is 16.5. The first-order valence-corrected chi connectivity index (χ1v) is 6.64. The van der Waals surface area contributed by atoms with Crippen molar-refractivity contribution in [2.45, 2.75) is 37.8 Å². The molecule has 0 aromatic rings. The minimum Gasteiger partial charge on any atom is -0.385 e. The van der Waals surface area contributed by atoms with Crippen molar-refractivity contribution in [1.82, 2.24) is 9.80 Å². The zero-order chi connectivity index (χ0) is 12.9. The van der Waals surface area contributed by atoms with Crippen LogP contribution in [0, 0.1) is 0 Å². The first kappa shape index (κ1) is 14.9. The second-order valence-corrected chi connectivity index (χ2v) is 5.61. The lowest BCUT2D eigenvalue weighted by atomic mass is 9.92. The van der Waals surface area contributed by atoms with Crippen LogP contribution in [-0.2, 0) is 4.74 Å². The highest BCUT2D eigenvalue weighted by molar-refractivity contribution is 4.91. The standard InChI is InChI=1S/C13H29N3O/c1-13(11-14,7-9-17-4)16(3)12-6-5-8-15(2)10-12/h12H,5-11,14H2,1-4H3. The molecule has 0 aromatic heterocycles. The fraction of sp³-hybridized carbons (Fsp3) is 1.00. The number of rotatable bonds is 6. The van der Waals surface area contributed by atoms with Crippen LogP contribution in [0.5, 0.6) is 0 Å². The van der Waals surface area contributed by atoms with Gasteiger partial charge in [-0.3, -0.25) is 4.90 Å². The largest absolute Gasteiger partial charge is 0.385 e. The fourth-order valence-electron chi connectivity index (χ4n) is 2.64. The van der Waals surface area contributed by atoms with Crippen molar-refractivity contribution in [3.8, 4) is 0 Å². The van der Waals surface area contributed by atoms with Crippen molar-refractivity contribution in [2.75, 3.05) is 47.4 Å². The summed E-state index contributed by atoms with van der Waals surface area (Å²) in [6.07, 6.45) is 3.57. The number of nitrogens with zero attached hydrogens (tertiary/aromatic N) is 2. The molecule has 0 saturated carbocycles. The first-order chi connectivity index (χ1) is 8.03. The van der Waals surface area contributed by atoms with Crippen molar-refractivity contribution in [3.05, 3.63) is 0 Å². The van der Waals surface area contributed by atoms with Gasteiger partial charge in [-0.05, 0) is 46.8 Å². The van der Waals surface area contributed by atoms with Crippen LogP contribution in [0.4, 0.5) is 0 Å². The molecule has 1 heterocycles. The Hall–Kier alpha value is -0.160. The van der Waals surface area contributed by atoms with E-state index in [-0.39, 0.29) is 5.54 Å². The Balaban J connectivity index is 2.60. The lowest BCUT2D eigenvalue weighted by molar-refractivity contribution is 0.0276. The maximum atomic E-state index is 5.98. The molecule has 1 aliphatic rings. The van der Waals surface area contributed by atoms with E-state index in [0.717, 1.165) is 19.6 Å². The van der Waals surface area contributed by atoms with Gasteiger partial charge in [-0.1, -0.05) is 0 Å². The van der Waals surface area contributed by atoms with Gasteiger partial charge in [-0.25, -0.2) is 0 Å². The van der Waals surface area contributed by atoms with E-state index in [2.05, 4.69) is 30.8 Å². The van der Waals surface area contributed by atoms with Crippen molar-refractivity contribution < 1.29 is 4.74 Å². The van der Waals surface area contributed by atoms with Gasteiger partial charge >= 0.3 is 0 Å². The quantitative estimate of drug-likeness (QED) is 0.748. The second kappa shape index (κ2) is 6.69. The normalized spacial score (nSPS) is 26.1. The Kier molecular flexibility index (Phi) is 5.86. The molecule has 2 N–H and O–H groups in total. The van der Waals surface area contributed by atoms with Crippen molar-refractivity contribution in [2.24, 2.45) is 5.73 Å². The Morgan fingerprint density at radius 1 is 1.53 bits per heavy atom. The van der Waals surface area contributed by atoms with Crippen LogP contribution >= 0.6 is 0 Å². The van der Waals surface area contributed by atoms with Crippen LogP contribution in [0.1, 0.15) is 26.2 Å². The Bertz CT molecular complexity index is 225. The van der Waals surface area contributed by atoms with Gasteiger partial charge in [-0.2, -0.15) is 0 Å². The van der Waals surface area contributed by atoms with E-state index in [1.165, 1.54) is 19.4 Å². The zero-order valence-electron chi connectivity index (χ0n) is 11.9. The van der Waals surface area contributed by atoms with E-state index in [1.54, 1.807) is 7.11 Å². The molecule has 2 atom stereocenters. The van der Waals surface area contributed by atoms with Gasteiger partial charge in [0.25, 0.3) is 0 Å². The molecule has 0 aliphatic carbocycles. The summed E-state index contributed by atoms with van der Waals surface area (Å²) in [4.78, 5) is 4.89. The Morgan fingerprint density at radius 2 is 2.24 bits per heavy atom. The summed E-state index contributed by atoms with van der Waals surface area (Å²) >= 11 is 0. The third kappa shape index (κ3) is 3.91. The van der Waals surface area contributed by atoms with E-state index in [1.807, 2.05) is 0 Å². The Morgan fingerprint density at radius 3 is 2.76 bits per heavy atom. The van der Waals surface area contributed by atoms with Gasteiger partial charge in [0.1, 0.15) is 0 Å². The topological polar surface area (TPSA) is 41.7 Å². The summed E-state index contributed by atoms with van der Waals surface area (Å²) in [5.74, 6) is 0. The molecule has 2 unspecified atom stereocenters. The van der Waals surface area contributed by atoms with Gasteiger partial charge in [0.15, 0.2) is 0 Å². The van der Waals surface area contributed by atoms with Crippen molar-refractivity contribution >= 4 is 0 Å². The molecule has 4 heteroatoms. The molecular formula is C13H29N3O. The average molecular weight is 243 g/mol. The van der Waals surface area contributed by atoms with Crippen molar-refractivity contribution in [3.63, 3.8) is 0 Å². The van der Waals surface area contributed by atoms with Crippen molar-refractivity contribution in [1.29, 1.82) is 0 Å². The van der Waals surface area contributed by atoms with Gasteiger partial charge < -0.3 is 15.4 Å². The molecule has 102 valence electrons. The van der Waals surface area contributed by atoms with Crippen LogP contribution in [0.3, 0.4) is 0 Å². The summed E-state index contributed by atoms with van der Waals surface area (Å²) < 4.78 is 5.21. The highest BCUT2D eigenvalue weighted by Gasteiger charge is 2.33. The number of likely N-dealkylation sites (N-methyl/N-ethyl adjacent to an activating group) is 2. The van der Waals surface area contributed by atoms with E-state index in [0.29, 0.717) is 12.6 Å². The Labute approximate surface area is 106 Å². The van der Waals surface area contributed by atoms with E-state index < -0.39 is 0 Å². The van der Waals surface area contributed by atoms with Crippen LogP contribution < -0.4 is 5.73 Å². The van der Waals surface area contributed by atoms with Crippen LogP contribution in [0.2, 0.25) is 0 Å². The lowest BCUT2D eigenvalue weighted by Gasteiger charge is -2.46. The monoisotopic (exact) mass is 243 g/mol. The van der Waals surface area contributed by atoms with Crippen LogP contribution in [0.25, 0.3) is 0 Å². The van der Waals surface area contributed by atoms with E-state index in [9.17, 15) is 0 Å². The molecule has 1 fully saturated rings. The predicted molar refractivity (Wildman–Crippen MR) is 72.2 cm³/mol. The maximum absolute atomic E-state index is 5.98. The molecule has 0 radical (unpaired) electrons. The van der Waals surface area contributed by atoms with Crippen LogP contribution in [-0.4, -0.2) is 68.8 Å². The van der Waals surface area contributed by atoms with Gasteiger partial charge in [0, 0.05) is 38.4 Å². The highest BCUT2D eigenvalue weighted by Crippen LogP contribution is 2.24. The molecule has 0 aromatic carbocycles. The van der Waals surface area contributed by atoms with Crippen LogP contribution in [0.15, 0.2) is 0 Å². The third-order valence-electron chi connectivity index (χ3n) is 4.28. The number of likely N-dealkylation sites (tertiary alicyclic amines) is 1. The number of ether oxygens (including phenoxy) is 1. The van der Waals surface area contributed by atoms with E-state index in [4.69, 9.17) is 10.5 Å². The van der Waals surface area contributed by atoms with Gasteiger partial charge in [0.05, 0.1) is 0 Å². The number of hydrogen-bond acceptors (Lipinski definition) is 4. The molecule has 1 aliphatic heterocycles. The third-order valence-corrected chi connectivity index (χ3v) is 4.28. The number of nitrogens with two attached hydrogens (primary N) is 1. The lowest BCUT2D eigenvalue weighted by Crippen LogP contribution is -2.58. The minimum absolute atomic E-state index is 0.0544. The summed E-state index contributed by atoms with van der Waals surface area (Å²) in [6.45, 7) is 6.09. The maximum Gasteiger partial charge on any atom is 0.0480 e. The first-order valence-electron chi connectivity index (χ1n) is 6.64. The minimum atomic E-state index is 0.0544. The summed E-state index contributed by atoms with van der Waals surface area (Å²) in [5, 5.41) is 0. The molecule has 1 rings (SSSR count). The second-order valence-electron chi connectivity index (χ2n) is 5.61. The predicted octanol–water partition coefficient (Wildman–Crippen LogP) is 0.766. The smallest absolute Gasteiger partial charge is 0.0480 e. The number of piperidine rings is 1. The SMILES string of the molecule is COCCC(C)(CN)N(C)C1CCCN(C)C1. The van der Waals surface area contributed by atoms with Gasteiger partial charge in [0.2, 0.25) is 0 Å². The van der Waals surface area contributed by atoms with E-state index >= 15 is 0 Å². The summed E-state index contributed by atoms with van der Waals surface area (Å²) in [6, 6.07) is 0.624. The molecule has 1 saturated heterocycles. The molecule has 0 bridgehead atoms.